The van der Waals surface area contributed by atoms with Crippen molar-refractivity contribution in [3.05, 3.63) is 34.3 Å². The van der Waals surface area contributed by atoms with Gasteiger partial charge in [0, 0.05) is 12.5 Å². The summed E-state index contributed by atoms with van der Waals surface area (Å²) in [6, 6.07) is 5.89. The zero-order valence-electron chi connectivity index (χ0n) is 9.86. The summed E-state index contributed by atoms with van der Waals surface area (Å²) < 4.78 is 4.92. The molecular weight excluding hydrogens is 232 g/mol. The van der Waals surface area contributed by atoms with E-state index in [9.17, 15) is 9.59 Å². The Morgan fingerprint density at radius 1 is 1.44 bits per heavy atom. The quantitative estimate of drug-likeness (QED) is 0.854. The lowest BCUT2D eigenvalue weighted by atomic mass is 10.1. The van der Waals surface area contributed by atoms with Crippen molar-refractivity contribution < 1.29 is 9.21 Å². The number of H-pyrrole nitrogens is 1. The molecule has 1 aromatic carbocycles. The number of carbonyl (C=O) groups excluding carboxylic acids is 1. The monoisotopic (exact) mass is 246 g/mol. The van der Waals surface area contributed by atoms with Crippen LogP contribution in [-0.4, -0.2) is 16.9 Å². The van der Waals surface area contributed by atoms with Crippen molar-refractivity contribution in [3.8, 4) is 0 Å². The van der Waals surface area contributed by atoms with Gasteiger partial charge < -0.3 is 9.73 Å². The zero-order valence-corrected chi connectivity index (χ0v) is 9.86. The summed E-state index contributed by atoms with van der Waals surface area (Å²) in [7, 11) is 0. The number of hydrogen-bond donors (Lipinski definition) is 2. The van der Waals surface area contributed by atoms with Gasteiger partial charge >= 0.3 is 5.76 Å². The van der Waals surface area contributed by atoms with E-state index in [-0.39, 0.29) is 5.91 Å². The first-order chi connectivity index (χ1) is 8.70. The minimum atomic E-state index is -0.450. The van der Waals surface area contributed by atoms with Gasteiger partial charge in [0.1, 0.15) is 0 Å². The molecule has 0 unspecified atom stereocenters. The van der Waals surface area contributed by atoms with Crippen LogP contribution in [0.4, 0.5) is 0 Å². The van der Waals surface area contributed by atoms with Crippen molar-refractivity contribution in [2.24, 2.45) is 0 Å². The van der Waals surface area contributed by atoms with E-state index in [2.05, 4.69) is 10.3 Å². The summed E-state index contributed by atoms with van der Waals surface area (Å²) in [5.74, 6) is -0.355. The van der Waals surface area contributed by atoms with E-state index in [1.807, 2.05) is 12.1 Å². The summed E-state index contributed by atoms with van der Waals surface area (Å²) in [5, 5.41) is 2.95. The molecule has 18 heavy (non-hydrogen) atoms. The van der Waals surface area contributed by atoms with Crippen molar-refractivity contribution in [1.82, 2.24) is 10.3 Å². The Balaban J connectivity index is 1.66. The van der Waals surface area contributed by atoms with Gasteiger partial charge in [-0.15, -0.1) is 0 Å². The summed E-state index contributed by atoms with van der Waals surface area (Å²) in [6.07, 6.45) is 3.35. The van der Waals surface area contributed by atoms with Gasteiger partial charge in [-0.1, -0.05) is 6.07 Å². The minimum absolute atomic E-state index is 0.0956. The van der Waals surface area contributed by atoms with E-state index in [4.69, 9.17) is 4.42 Å². The molecule has 94 valence electrons. The third-order valence-electron chi connectivity index (χ3n) is 3.07. The van der Waals surface area contributed by atoms with Crippen molar-refractivity contribution in [2.75, 3.05) is 0 Å². The van der Waals surface area contributed by atoms with Crippen LogP contribution in [-0.2, 0) is 11.2 Å². The molecule has 5 heteroatoms. The van der Waals surface area contributed by atoms with E-state index < -0.39 is 5.76 Å². The molecule has 1 fully saturated rings. The highest BCUT2D eigenvalue weighted by Gasteiger charge is 2.22. The molecule has 5 nitrogen and oxygen atoms in total. The fraction of sp³-hybridized carbons (Fsp3) is 0.385. The van der Waals surface area contributed by atoms with Crippen LogP contribution in [0.3, 0.4) is 0 Å². The number of nitrogens with one attached hydrogen (secondary N) is 2. The highest BCUT2D eigenvalue weighted by atomic mass is 16.4. The number of oxazole rings is 1. The van der Waals surface area contributed by atoms with E-state index >= 15 is 0 Å². The van der Waals surface area contributed by atoms with Crippen LogP contribution in [0.2, 0.25) is 0 Å². The predicted molar refractivity (Wildman–Crippen MR) is 66.3 cm³/mol. The average Bonchev–Trinajstić information content (AvgIpc) is 3.05. The molecule has 1 heterocycles. The zero-order chi connectivity index (χ0) is 12.5. The maximum Gasteiger partial charge on any atom is 0.417 e. The Hall–Kier alpha value is -2.04. The number of aromatic nitrogens is 1. The van der Waals surface area contributed by atoms with Gasteiger partial charge in [-0.2, -0.15) is 0 Å². The highest BCUT2D eigenvalue weighted by Crippen LogP contribution is 2.19. The highest BCUT2D eigenvalue weighted by molar-refractivity contribution is 5.77. The number of amides is 1. The van der Waals surface area contributed by atoms with Gasteiger partial charge in [0.05, 0.1) is 5.52 Å². The normalized spacial score (nSPS) is 14.9. The van der Waals surface area contributed by atoms with Crippen molar-refractivity contribution in [3.63, 3.8) is 0 Å². The number of carbonyl (C=O) groups is 1. The smallest absolute Gasteiger partial charge is 0.408 e. The van der Waals surface area contributed by atoms with E-state index in [1.54, 1.807) is 6.07 Å². The first-order valence-electron chi connectivity index (χ1n) is 6.12. The molecule has 1 aromatic heterocycles. The Kier molecular flexibility index (Phi) is 2.66. The van der Waals surface area contributed by atoms with Gasteiger partial charge in [0.15, 0.2) is 5.58 Å². The Labute approximate surface area is 103 Å². The average molecular weight is 246 g/mol. The molecule has 0 saturated heterocycles. The molecule has 0 bridgehead atoms. The van der Waals surface area contributed by atoms with E-state index in [0.29, 0.717) is 30.0 Å². The summed E-state index contributed by atoms with van der Waals surface area (Å²) in [5.41, 5.74) is 2.25. The van der Waals surface area contributed by atoms with Crippen LogP contribution < -0.4 is 11.1 Å². The predicted octanol–water partition coefficient (Wildman–Crippen LogP) is 1.33. The van der Waals surface area contributed by atoms with Gasteiger partial charge in [-0.05, 0) is 37.0 Å². The standard InChI is InChI=1S/C13H14N2O3/c16-12(14-9-3-4-9)6-2-8-1-5-11-10(7-8)15-13(17)18-11/h1,5,7,9H,2-4,6H2,(H,14,16)(H,15,17). The summed E-state index contributed by atoms with van der Waals surface area (Å²) >= 11 is 0. The second-order valence-electron chi connectivity index (χ2n) is 4.69. The first kappa shape index (κ1) is 11.1. The lowest BCUT2D eigenvalue weighted by molar-refractivity contribution is -0.121. The van der Waals surface area contributed by atoms with Crippen molar-refractivity contribution in [1.29, 1.82) is 0 Å². The molecule has 0 atom stereocenters. The third-order valence-corrected chi connectivity index (χ3v) is 3.07. The second kappa shape index (κ2) is 4.33. The number of hydrogen-bond acceptors (Lipinski definition) is 3. The lowest BCUT2D eigenvalue weighted by Gasteiger charge is -2.03. The van der Waals surface area contributed by atoms with E-state index in [0.717, 1.165) is 18.4 Å². The molecule has 0 aliphatic heterocycles. The molecular formula is C13H14N2O3. The number of fused-ring (bicyclic) bond motifs is 1. The molecule has 0 spiro atoms. The van der Waals surface area contributed by atoms with Gasteiger partial charge in [-0.3, -0.25) is 9.78 Å². The van der Waals surface area contributed by atoms with E-state index in [1.165, 1.54) is 0 Å². The third kappa shape index (κ3) is 2.45. The molecule has 2 aromatic rings. The fourth-order valence-corrected chi connectivity index (χ4v) is 1.94. The summed E-state index contributed by atoms with van der Waals surface area (Å²) in [6.45, 7) is 0. The Bertz CT molecular complexity index is 637. The van der Waals surface area contributed by atoms with Crippen LogP contribution >= 0.6 is 0 Å². The van der Waals surface area contributed by atoms with Crippen LogP contribution in [0, 0.1) is 0 Å². The van der Waals surface area contributed by atoms with Gasteiger partial charge in [-0.25, -0.2) is 4.79 Å². The Morgan fingerprint density at radius 3 is 3.06 bits per heavy atom. The van der Waals surface area contributed by atoms with Crippen LogP contribution in [0.5, 0.6) is 0 Å². The molecule has 0 radical (unpaired) electrons. The number of benzene rings is 1. The van der Waals surface area contributed by atoms with Gasteiger partial charge in [0.25, 0.3) is 0 Å². The number of rotatable bonds is 4. The topological polar surface area (TPSA) is 75.1 Å². The SMILES string of the molecule is O=C(CCc1ccc2oc(=O)[nH]c2c1)NC1CC1. The molecule has 1 amide bonds. The maximum absolute atomic E-state index is 11.5. The molecule has 3 rings (SSSR count). The van der Waals surface area contributed by atoms with Crippen molar-refractivity contribution >= 4 is 17.0 Å². The molecule has 1 aliphatic carbocycles. The lowest BCUT2D eigenvalue weighted by Crippen LogP contribution is -2.25. The second-order valence-corrected chi connectivity index (χ2v) is 4.69. The fourth-order valence-electron chi connectivity index (χ4n) is 1.94. The number of aromatic amines is 1. The first-order valence-corrected chi connectivity index (χ1v) is 6.12. The van der Waals surface area contributed by atoms with Crippen LogP contribution in [0.25, 0.3) is 11.1 Å². The maximum atomic E-state index is 11.5. The Morgan fingerprint density at radius 2 is 2.28 bits per heavy atom. The molecule has 2 N–H and O–H groups in total. The van der Waals surface area contributed by atoms with Crippen LogP contribution in [0.1, 0.15) is 24.8 Å². The minimum Gasteiger partial charge on any atom is -0.408 e. The van der Waals surface area contributed by atoms with Crippen LogP contribution in [0.15, 0.2) is 27.4 Å². The molecule has 1 aliphatic rings. The summed E-state index contributed by atoms with van der Waals surface area (Å²) in [4.78, 5) is 25.2. The van der Waals surface area contributed by atoms with Gasteiger partial charge in [0.2, 0.25) is 5.91 Å². The number of aryl methyl sites for hydroxylation is 1. The van der Waals surface area contributed by atoms with Crippen molar-refractivity contribution in [2.45, 2.75) is 31.7 Å². The molecule has 1 saturated carbocycles. The largest absolute Gasteiger partial charge is 0.417 e.